The summed E-state index contributed by atoms with van der Waals surface area (Å²) in [6, 6.07) is 5.67. The number of nitrogens with zero attached hydrogens (tertiary/aromatic N) is 4. The second-order valence-electron chi connectivity index (χ2n) is 8.41. The van der Waals surface area contributed by atoms with Crippen LogP contribution in [-0.2, 0) is 4.84 Å². The van der Waals surface area contributed by atoms with Gasteiger partial charge >= 0.3 is 0 Å². The number of rotatable bonds is 10. The molecule has 1 aliphatic heterocycles. The Hall–Kier alpha value is -2.98. The molecular formula is C22H34N8O2. The van der Waals surface area contributed by atoms with Crippen LogP contribution in [0.15, 0.2) is 18.2 Å². The van der Waals surface area contributed by atoms with Crippen LogP contribution >= 0.6 is 0 Å². The summed E-state index contributed by atoms with van der Waals surface area (Å²) in [6.07, 6.45) is 1.02. The molecule has 0 spiro atoms. The molecule has 174 valence electrons. The van der Waals surface area contributed by atoms with Gasteiger partial charge in [-0.05, 0) is 50.4 Å². The van der Waals surface area contributed by atoms with E-state index in [0.29, 0.717) is 35.9 Å². The number of hydrogen-bond donors (Lipinski definition) is 4. The molecule has 1 aromatic heterocycles. The average Bonchev–Trinajstić information content (AvgIpc) is 3.26. The highest BCUT2D eigenvalue weighted by molar-refractivity contribution is 5.94. The Labute approximate surface area is 189 Å². The zero-order chi connectivity index (χ0) is 23.1. The number of carbonyl (C=O) groups excluding carboxylic acids is 1. The summed E-state index contributed by atoms with van der Waals surface area (Å²) in [6.45, 7) is 11.1. The van der Waals surface area contributed by atoms with Crippen molar-refractivity contribution in [3.05, 3.63) is 29.3 Å². The highest BCUT2D eigenvalue weighted by atomic mass is 16.6. The van der Waals surface area contributed by atoms with E-state index in [1.807, 2.05) is 31.9 Å². The van der Waals surface area contributed by atoms with Crippen LogP contribution in [-0.4, -0.2) is 60.2 Å². The highest BCUT2D eigenvalue weighted by Gasteiger charge is 2.18. The Morgan fingerprint density at radius 3 is 2.75 bits per heavy atom. The summed E-state index contributed by atoms with van der Waals surface area (Å²) in [5, 5.41) is 10.0. The minimum absolute atomic E-state index is 0.279. The van der Waals surface area contributed by atoms with E-state index in [1.165, 1.54) is 0 Å². The van der Waals surface area contributed by atoms with Crippen molar-refractivity contribution < 1.29 is 9.63 Å². The van der Waals surface area contributed by atoms with E-state index in [2.05, 4.69) is 50.2 Å². The first-order chi connectivity index (χ1) is 15.4. The minimum atomic E-state index is -0.306. The first-order valence-corrected chi connectivity index (χ1v) is 11.1. The number of aromatic nitrogens is 3. The lowest BCUT2D eigenvalue weighted by molar-refractivity contribution is 0.0364. The zero-order valence-electron chi connectivity index (χ0n) is 19.5. The predicted molar refractivity (Wildman–Crippen MR) is 126 cm³/mol. The van der Waals surface area contributed by atoms with Crippen LogP contribution in [0.2, 0.25) is 0 Å². The van der Waals surface area contributed by atoms with Gasteiger partial charge in [0.15, 0.2) is 0 Å². The van der Waals surface area contributed by atoms with Gasteiger partial charge in [0.2, 0.25) is 17.8 Å². The topological polar surface area (TPSA) is 116 Å². The lowest BCUT2D eigenvalue weighted by atomic mass is 10.1. The number of carbonyl (C=O) groups is 1. The summed E-state index contributed by atoms with van der Waals surface area (Å²) in [7, 11) is 1.98. The molecule has 2 aromatic rings. The number of amides is 1. The molecule has 1 aliphatic rings. The summed E-state index contributed by atoms with van der Waals surface area (Å²) < 4.78 is 0. The third-order valence-electron chi connectivity index (χ3n) is 5.05. The molecule has 1 aromatic carbocycles. The van der Waals surface area contributed by atoms with Crippen molar-refractivity contribution in [2.45, 2.75) is 40.2 Å². The van der Waals surface area contributed by atoms with Crippen molar-refractivity contribution in [2.24, 2.45) is 5.92 Å². The monoisotopic (exact) mass is 442 g/mol. The van der Waals surface area contributed by atoms with E-state index >= 15 is 0 Å². The second kappa shape index (κ2) is 11.1. The molecule has 1 amide bonds. The van der Waals surface area contributed by atoms with E-state index < -0.39 is 0 Å². The van der Waals surface area contributed by atoms with Gasteiger partial charge in [0, 0.05) is 37.4 Å². The zero-order valence-corrected chi connectivity index (χ0v) is 19.5. The van der Waals surface area contributed by atoms with Gasteiger partial charge in [-0.15, -0.1) is 0 Å². The third-order valence-corrected chi connectivity index (χ3v) is 5.05. The molecule has 1 saturated heterocycles. The summed E-state index contributed by atoms with van der Waals surface area (Å²) in [5.41, 5.74) is 4.60. The molecule has 0 saturated carbocycles. The fourth-order valence-electron chi connectivity index (χ4n) is 3.46. The van der Waals surface area contributed by atoms with Crippen molar-refractivity contribution in [3.63, 3.8) is 0 Å². The minimum Gasteiger partial charge on any atom is -0.350 e. The molecule has 0 radical (unpaired) electrons. The highest BCUT2D eigenvalue weighted by Crippen LogP contribution is 2.23. The molecule has 2 heterocycles. The summed E-state index contributed by atoms with van der Waals surface area (Å²) in [4.78, 5) is 33.2. The van der Waals surface area contributed by atoms with E-state index in [0.717, 1.165) is 37.3 Å². The Balaban J connectivity index is 1.87. The van der Waals surface area contributed by atoms with Crippen LogP contribution < -0.4 is 26.3 Å². The fourth-order valence-corrected chi connectivity index (χ4v) is 3.46. The van der Waals surface area contributed by atoms with Crippen molar-refractivity contribution >= 4 is 29.4 Å². The lowest BCUT2D eigenvalue weighted by Gasteiger charge is -2.21. The van der Waals surface area contributed by atoms with Gasteiger partial charge in [-0.1, -0.05) is 19.9 Å². The predicted octanol–water partition coefficient (Wildman–Crippen LogP) is 2.47. The molecule has 0 unspecified atom stereocenters. The number of aryl methyl sites for hydroxylation is 1. The molecule has 10 nitrogen and oxygen atoms in total. The van der Waals surface area contributed by atoms with Gasteiger partial charge in [-0.3, -0.25) is 9.63 Å². The lowest BCUT2D eigenvalue weighted by Crippen LogP contribution is -2.27. The number of benzene rings is 1. The van der Waals surface area contributed by atoms with Crippen LogP contribution in [0.4, 0.5) is 23.5 Å². The molecule has 1 atom stereocenters. The first-order valence-electron chi connectivity index (χ1n) is 11.1. The Bertz CT molecular complexity index is 915. The third kappa shape index (κ3) is 6.51. The van der Waals surface area contributed by atoms with E-state index in [-0.39, 0.29) is 11.9 Å². The van der Waals surface area contributed by atoms with Crippen LogP contribution in [0.25, 0.3) is 0 Å². The van der Waals surface area contributed by atoms with Crippen molar-refractivity contribution in [2.75, 3.05) is 48.8 Å². The van der Waals surface area contributed by atoms with Gasteiger partial charge in [0.05, 0.1) is 6.61 Å². The Kier molecular flexibility index (Phi) is 8.18. The molecule has 32 heavy (non-hydrogen) atoms. The molecular weight excluding hydrogens is 408 g/mol. The standard InChI is InChI=1S/C22H34N8O2/c1-6-32-29-19(31)16-8-7-15(4)18(11-16)25-21-26-20(24-17-9-10-23-12-17)27-22(28-21)30(5)13-14(2)3/h7-8,11,14,17,23H,6,9-10,12-13H2,1-5H3,(H,29,31)(H2,24,25,26,27,28)/t17-/m1/s1. The van der Waals surface area contributed by atoms with Crippen molar-refractivity contribution in [1.29, 1.82) is 0 Å². The molecule has 0 aliphatic carbocycles. The molecule has 1 fully saturated rings. The van der Waals surface area contributed by atoms with Crippen molar-refractivity contribution in [3.8, 4) is 0 Å². The number of anilines is 4. The van der Waals surface area contributed by atoms with Crippen LogP contribution in [0.1, 0.15) is 43.1 Å². The fraction of sp³-hybridized carbons (Fsp3) is 0.545. The normalized spacial score (nSPS) is 15.6. The summed E-state index contributed by atoms with van der Waals surface area (Å²) >= 11 is 0. The molecule has 0 bridgehead atoms. The van der Waals surface area contributed by atoms with Gasteiger partial charge < -0.3 is 20.9 Å². The molecule has 3 rings (SSSR count). The van der Waals surface area contributed by atoms with Gasteiger partial charge in [-0.25, -0.2) is 5.48 Å². The van der Waals surface area contributed by atoms with E-state index in [1.54, 1.807) is 12.1 Å². The maximum atomic E-state index is 12.3. The first kappa shape index (κ1) is 23.7. The smallest absolute Gasteiger partial charge is 0.274 e. The van der Waals surface area contributed by atoms with Crippen LogP contribution in [0.5, 0.6) is 0 Å². The number of nitrogens with one attached hydrogen (secondary N) is 4. The maximum Gasteiger partial charge on any atom is 0.274 e. The van der Waals surface area contributed by atoms with Gasteiger partial charge in [0.25, 0.3) is 5.91 Å². The average molecular weight is 443 g/mol. The molecule has 10 heteroatoms. The number of hydrogen-bond acceptors (Lipinski definition) is 9. The van der Waals surface area contributed by atoms with Crippen LogP contribution in [0.3, 0.4) is 0 Å². The molecule has 4 N–H and O–H groups in total. The van der Waals surface area contributed by atoms with Gasteiger partial charge in [0.1, 0.15) is 0 Å². The largest absolute Gasteiger partial charge is 0.350 e. The quantitative estimate of drug-likeness (QED) is 0.412. The SMILES string of the molecule is CCONC(=O)c1ccc(C)c(Nc2nc(N[C@@H]3CCNC3)nc(N(C)CC(C)C)n2)c1. The van der Waals surface area contributed by atoms with Gasteiger partial charge in [-0.2, -0.15) is 15.0 Å². The van der Waals surface area contributed by atoms with E-state index in [4.69, 9.17) is 4.84 Å². The van der Waals surface area contributed by atoms with E-state index in [9.17, 15) is 4.79 Å². The Morgan fingerprint density at radius 2 is 2.06 bits per heavy atom. The number of hydroxylamine groups is 1. The van der Waals surface area contributed by atoms with Crippen LogP contribution in [0, 0.1) is 12.8 Å². The maximum absolute atomic E-state index is 12.3. The second-order valence-corrected chi connectivity index (χ2v) is 8.41. The Morgan fingerprint density at radius 1 is 1.28 bits per heavy atom. The van der Waals surface area contributed by atoms with Crippen molar-refractivity contribution in [1.82, 2.24) is 25.7 Å². The summed E-state index contributed by atoms with van der Waals surface area (Å²) in [5.74, 6) is 1.70.